The fourth-order valence-electron chi connectivity index (χ4n) is 2.57. The third-order valence-corrected chi connectivity index (χ3v) is 3.96. The summed E-state index contributed by atoms with van der Waals surface area (Å²) in [5, 5.41) is 3.67. The van der Waals surface area contributed by atoms with Gasteiger partial charge in [0.05, 0.1) is 6.61 Å². The molecule has 1 aromatic rings. The molecule has 0 aliphatic carbocycles. The molecule has 0 bridgehead atoms. The summed E-state index contributed by atoms with van der Waals surface area (Å²) in [5.41, 5.74) is 1.39. The molecule has 1 aliphatic rings. The summed E-state index contributed by atoms with van der Waals surface area (Å²) in [5.74, 6) is 0.585. The van der Waals surface area contributed by atoms with E-state index >= 15 is 0 Å². The molecule has 3 heteroatoms. The Hall–Kier alpha value is -0.380. The first-order valence-corrected chi connectivity index (χ1v) is 7.52. The SMILES string of the molecule is CC(C)N[C@@H]1CCOC[C@H]1Cc1ccc(Br)cc1. The lowest BCUT2D eigenvalue weighted by Gasteiger charge is -2.33. The summed E-state index contributed by atoms with van der Waals surface area (Å²) in [6, 6.07) is 9.76. The van der Waals surface area contributed by atoms with Gasteiger partial charge in [0.25, 0.3) is 0 Å². The van der Waals surface area contributed by atoms with E-state index in [0.717, 1.165) is 30.5 Å². The summed E-state index contributed by atoms with van der Waals surface area (Å²) in [7, 11) is 0. The minimum absolute atomic E-state index is 0.542. The predicted molar refractivity (Wildman–Crippen MR) is 78.8 cm³/mol. The van der Waals surface area contributed by atoms with Crippen molar-refractivity contribution in [3.05, 3.63) is 34.3 Å². The zero-order valence-electron chi connectivity index (χ0n) is 11.2. The van der Waals surface area contributed by atoms with E-state index in [1.807, 2.05) is 0 Å². The zero-order valence-corrected chi connectivity index (χ0v) is 12.7. The van der Waals surface area contributed by atoms with Crippen molar-refractivity contribution in [3.63, 3.8) is 0 Å². The second-order valence-corrected chi connectivity index (χ2v) is 6.30. The highest BCUT2D eigenvalue weighted by Gasteiger charge is 2.26. The van der Waals surface area contributed by atoms with Crippen LogP contribution in [0, 0.1) is 5.92 Å². The molecule has 0 saturated carbocycles. The van der Waals surface area contributed by atoms with Crippen LogP contribution in [0.25, 0.3) is 0 Å². The van der Waals surface area contributed by atoms with E-state index in [1.54, 1.807) is 0 Å². The maximum Gasteiger partial charge on any atom is 0.0512 e. The second-order valence-electron chi connectivity index (χ2n) is 5.38. The van der Waals surface area contributed by atoms with Gasteiger partial charge in [-0.15, -0.1) is 0 Å². The van der Waals surface area contributed by atoms with Gasteiger partial charge in [0, 0.05) is 29.1 Å². The fraction of sp³-hybridized carbons (Fsp3) is 0.600. The van der Waals surface area contributed by atoms with Crippen molar-refractivity contribution >= 4 is 15.9 Å². The van der Waals surface area contributed by atoms with Gasteiger partial charge in [0.2, 0.25) is 0 Å². The average Bonchev–Trinajstić information content (AvgIpc) is 2.34. The summed E-state index contributed by atoms with van der Waals surface area (Å²) in [4.78, 5) is 0. The highest BCUT2D eigenvalue weighted by Crippen LogP contribution is 2.21. The first-order chi connectivity index (χ1) is 8.65. The van der Waals surface area contributed by atoms with Crippen LogP contribution in [0.3, 0.4) is 0 Å². The average molecular weight is 312 g/mol. The molecular weight excluding hydrogens is 290 g/mol. The molecular formula is C15H22BrNO. The smallest absolute Gasteiger partial charge is 0.0512 e. The van der Waals surface area contributed by atoms with Crippen molar-refractivity contribution in [2.24, 2.45) is 5.92 Å². The molecule has 1 aliphatic heterocycles. The van der Waals surface area contributed by atoms with Gasteiger partial charge in [-0.25, -0.2) is 0 Å². The number of rotatable bonds is 4. The van der Waals surface area contributed by atoms with Gasteiger partial charge in [-0.1, -0.05) is 41.9 Å². The van der Waals surface area contributed by atoms with E-state index in [9.17, 15) is 0 Å². The largest absolute Gasteiger partial charge is 0.381 e. The van der Waals surface area contributed by atoms with E-state index in [2.05, 4.69) is 59.4 Å². The van der Waals surface area contributed by atoms with Crippen LogP contribution < -0.4 is 5.32 Å². The van der Waals surface area contributed by atoms with Crippen LogP contribution in [0.5, 0.6) is 0 Å². The van der Waals surface area contributed by atoms with Crippen molar-refractivity contribution in [3.8, 4) is 0 Å². The molecule has 100 valence electrons. The minimum atomic E-state index is 0.542. The molecule has 0 unspecified atom stereocenters. The Morgan fingerprint density at radius 3 is 2.72 bits per heavy atom. The molecule has 0 radical (unpaired) electrons. The Morgan fingerprint density at radius 1 is 1.33 bits per heavy atom. The number of hydrogen-bond acceptors (Lipinski definition) is 2. The van der Waals surface area contributed by atoms with E-state index in [0.29, 0.717) is 18.0 Å². The molecule has 1 heterocycles. The van der Waals surface area contributed by atoms with Gasteiger partial charge < -0.3 is 10.1 Å². The van der Waals surface area contributed by atoms with E-state index in [-0.39, 0.29) is 0 Å². The van der Waals surface area contributed by atoms with Crippen LogP contribution in [0.15, 0.2) is 28.7 Å². The molecule has 1 N–H and O–H groups in total. The first kappa shape index (κ1) is 14.0. The summed E-state index contributed by atoms with van der Waals surface area (Å²) < 4.78 is 6.78. The highest BCUT2D eigenvalue weighted by molar-refractivity contribution is 9.10. The van der Waals surface area contributed by atoms with E-state index in [1.165, 1.54) is 5.56 Å². The number of benzene rings is 1. The van der Waals surface area contributed by atoms with Crippen LogP contribution in [0.2, 0.25) is 0 Å². The third-order valence-electron chi connectivity index (χ3n) is 3.43. The van der Waals surface area contributed by atoms with E-state index in [4.69, 9.17) is 4.74 Å². The molecule has 0 aromatic heterocycles. The normalized spacial score (nSPS) is 24.4. The lowest BCUT2D eigenvalue weighted by atomic mass is 9.89. The number of halogens is 1. The van der Waals surface area contributed by atoms with Gasteiger partial charge in [-0.3, -0.25) is 0 Å². The van der Waals surface area contributed by atoms with Gasteiger partial charge in [-0.05, 0) is 30.5 Å². The Labute approximate surface area is 118 Å². The molecule has 2 rings (SSSR count). The fourth-order valence-corrected chi connectivity index (χ4v) is 2.83. The molecule has 18 heavy (non-hydrogen) atoms. The van der Waals surface area contributed by atoms with Crippen LogP contribution in [0.4, 0.5) is 0 Å². The van der Waals surface area contributed by atoms with Crippen LogP contribution in [-0.4, -0.2) is 25.3 Å². The zero-order chi connectivity index (χ0) is 13.0. The second kappa shape index (κ2) is 6.69. The van der Waals surface area contributed by atoms with Crippen molar-refractivity contribution in [2.75, 3.05) is 13.2 Å². The molecule has 1 aromatic carbocycles. The molecule has 0 amide bonds. The molecule has 1 fully saturated rings. The minimum Gasteiger partial charge on any atom is -0.381 e. The summed E-state index contributed by atoms with van der Waals surface area (Å²) in [6.45, 7) is 6.19. The highest BCUT2D eigenvalue weighted by atomic mass is 79.9. The number of ether oxygens (including phenoxy) is 1. The van der Waals surface area contributed by atoms with Gasteiger partial charge in [0.1, 0.15) is 0 Å². The van der Waals surface area contributed by atoms with Gasteiger partial charge >= 0.3 is 0 Å². The van der Waals surface area contributed by atoms with Gasteiger partial charge in [-0.2, -0.15) is 0 Å². The summed E-state index contributed by atoms with van der Waals surface area (Å²) in [6.07, 6.45) is 2.22. The van der Waals surface area contributed by atoms with Crippen LogP contribution >= 0.6 is 15.9 Å². The Kier molecular flexibility index (Phi) is 5.22. The maximum absolute atomic E-state index is 5.64. The van der Waals surface area contributed by atoms with Crippen molar-refractivity contribution in [2.45, 2.75) is 38.8 Å². The lowest BCUT2D eigenvalue weighted by Crippen LogP contribution is -2.46. The monoisotopic (exact) mass is 311 g/mol. The number of nitrogens with one attached hydrogen (secondary N) is 1. The summed E-state index contributed by atoms with van der Waals surface area (Å²) >= 11 is 3.48. The van der Waals surface area contributed by atoms with Crippen molar-refractivity contribution in [1.82, 2.24) is 5.32 Å². The predicted octanol–water partition coefficient (Wildman–Crippen LogP) is 3.39. The van der Waals surface area contributed by atoms with Crippen LogP contribution in [0.1, 0.15) is 25.8 Å². The maximum atomic E-state index is 5.64. The molecule has 0 spiro atoms. The standard InChI is InChI=1S/C15H22BrNO/c1-11(2)17-15-7-8-18-10-13(15)9-12-3-5-14(16)6-4-12/h3-6,11,13,15,17H,7-10H2,1-2H3/t13-,15-/m1/s1. The Bertz CT molecular complexity index is 363. The molecule has 1 saturated heterocycles. The van der Waals surface area contributed by atoms with Gasteiger partial charge in [0.15, 0.2) is 0 Å². The first-order valence-electron chi connectivity index (χ1n) is 6.73. The Morgan fingerprint density at radius 2 is 2.06 bits per heavy atom. The van der Waals surface area contributed by atoms with Crippen LogP contribution in [-0.2, 0) is 11.2 Å². The van der Waals surface area contributed by atoms with Crippen molar-refractivity contribution in [1.29, 1.82) is 0 Å². The molecule has 2 nitrogen and oxygen atoms in total. The lowest BCUT2D eigenvalue weighted by molar-refractivity contribution is 0.0300. The van der Waals surface area contributed by atoms with Crippen molar-refractivity contribution < 1.29 is 4.74 Å². The molecule has 2 atom stereocenters. The third kappa shape index (κ3) is 4.08. The topological polar surface area (TPSA) is 21.3 Å². The Balaban J connectivity index is 1.98. The number of hydrogen-bond donors (Lipinski definition) is 1. The quantitative estimate of drug-likeness (QED) is 0.920. The van der Waals surface area contributed by atoms with E-state index < -0.39 is 0 Å².